The van der Waals surface area contributed by atoms with E-state index in [0.29, 0.717) is 11.5 Å². The quantitative estimate of drug-likeness (QED) is 0.319. The summed E-state index contributed by atoms with van der Waals surface area (Å²) in [5.41, 5.74) is 12.8. The van der Waals surface area contributed by atoms with E-state index in [4.69, 9.17) is 15.9 Å². The van der Waals surface area contributed by atoms with Gasteiger partial charge >= 0.3 is 0 Å². The summed E-state index contributed by atoms with van der Waals surface area (Å²) < 4.78 is 9.78. The van der Waals surface area contributed by atoms with Crippen molar-refractivity contribution in [2.45, 2.75) is 26.1 Å². The molecule has 0 unspecified atom stereocenters. The van der Waals surface area contributed by atoms with Gasteiger partial charge in [-0.2, -0.15) is 4.37 Å². The van der Waals surface area contributed by atoms with Crippen molar-refractivity contribution in [2.24, 2.45) is 5.73 Å². The van der Waals surface area contributed by atoms with E-state index in [1.807, 2.05) is 60.7 Å². The summed E-state index contributed by atoms with van der Waals surface area (Å²) in [5.74, 6) is -0.964. The number of carbonyl (C=O) groups is 3. The van der Waals surface area contributed by atoms with Crippen molar-refractivity contribution < 1.29 is 18.8 Å². The van der Waals surface area contributed by atoms with Gasteiger partial charge in [0.2, 0.25) is 0 Å². The molecule has 3 amide bonds. The zero-order valence-electron chi connectivity index (χ0n) is 19.5. The maximum atomic E-state index is 13.8. The highest BCUT2D eigenvalue weighted by molar-refractivity contribution is 7.09. The van der Waals surface area contributed by atoms with E-state index in [0.717, 1.165) is 22.7 Å². The fourth-order valence-corrected chi connectivity index (χ4v) is 4.49. The van der Waals surface area contributed by atoms with Crippen LogP contribution < -0.4 is 16.8 Å². The number of nitrogens with zero attached hydrogens (tertiary/aromatic N) is 2. The molecule has 4 rings (SSSR count). The third-order valence-electron chi connectivity index (χ3n) is 5.51. The Morgan fingerprint density at radius 3 is 2.19 bits per heavy atom. The average molecular weight is 504 g/mol. The number of benzene rings is 2. The lowest BCUT2D eigenvalue weighted by molar-refractivity contribution is -0.126. The summed E-state index contributed by atoms with van der Waals surface area (Å²) in [4.78, 5) is 40.5. The molecule has 5 N–H and O–H groups in total. The van der Waals surface area contributed by atoms with Gasteiger partial charge in [-0.05, 0) is 41.7 Å². The van der Waals surface area contributed by atoms with Gasteiger partial charge in [0, 0.05) is 13.1 Å². The number of nitrogens with one attached hydrogen (secondary N) is 1. The number of aromatic nitrogens is 1. The summed E-state index contributed by atoms with van der Waals surface area (Å²) in [7, 11) is 0. The first-order valence-corrected chi connectivity index (χ1v) is 11.9. The van der Waals surface area contributed by atoms with Crippen LogP contribution in [0.1, 0.15) is 48.8 Å². The Balaban J connectivity index is 1.74. The molecule has 0 bridgehead atoms. The lowest BCUT2D eigenvalue weighted by atomic mass is 10.1. The molecule has 1 atom stereocenters. The van der Waals surface area contributed by atoms with E-state index in [2.05, 4.69) is 9.69 Å². The number of furan rings is 1. The molecule has 36 heavy (non-hydrogen) atoms. The summed E-state index contributed by atoms with van der Waals surface area (Å²) in [6, 6.07) is 20.9. The van der Waals surface area contributed by atoms with Crippen LogP contribution in [0.2, 0.25) is 0 Å². The number of carbonyl (C=O) groups excluding carboxylic acids is 3. The summed E-state index contributed by atoms with van der Waals surface area (Å²) >= 11 is 0.762. The zero-order valence-corrected chi connectivity index (χ0v) is 20.3. The second kappa shape index (κ2) is 10.9. The van der Waals surface area contributed by atoms with E-state index in [1.165, 1.54) is 4.90 Å². The standard InChI is InChI=1S/C26H25N5O4S/c1-16-12-13-19(35-16)22(25(33)29-14-17-8-4-2-5-9-17)31(15-18-10-6-3-7-11-18)26(34)23-20(27)21(24(28)32)30-36-23/h2-13,22H,14-15,27H2,1H3,(H2,28,32)(H,29,33)/t22-/m1/s1. The molecule has 0 fully saturated rings. The molecular formula is C26H25N5O4S. The van der Waals surface area contributed by atoms with Crippen molar-refractivity contribution >= 4 is 34.9 Å². The highest BCUT2D eigenvalue weighted by atomic mass is 32.1. The van der Waals surface area contributed by atoms with Crippen LogP contribution in [0.15, 0.2) is 77.2 Å². The Hall–Kier alpha value is -4.44. The number of nitrogens with two attached hydrogens (primary N) is 2. The van der Waals surface area contributed by atoms with Crippen LogP contribution in [0.25, 0.3) is 0 Å². The Kier molecular flexibility index (Phi) is 7.45. The minimum Gasteiger partial charge on any atom is -0.464 e. The lowest BCUT2D eigenvalue weighted by Crippen LogP contribution is -2.43. The third kappa shape index (κ3) is 5.44. The average Bonchev–Trinajstić information content (AvgIpc) is 3.48. The monoisotopic (exact) mass is 503 g/mol. The number of amides is 3. The molecule has 0 aliphatic carbocycles. The SMILES string of the molecule is Cc1ccc([C@H](C(=O)NCc2ccccc2)N(Cc2ccccc2)C(=O)c2snc(C(N)=O)c2N)o1. The Morgan fingerprint density at radius 1 is 1.00 bits per heavy atom. The van der Waals surface area contributed by atoms with Gasteiger partial charge in [0.1, 0.15) is 16.4 Å². The van der Waals surface area contributed by atoms with Crippen LogP contribution in [0.5, 0.6) is 0 Å². The van der Waals surface area contributed by atoms with Crippen molar-refractivity contribution in [1.82, 2.24) is 14.6 Å². The molecule has 4 aromatic rings. The maximum Gasteiger partial charge on any atom is 0.270 e. The maximum absolute atomic E-state index is 13.8. The molecular weight excluding hydrogens is 478 g/mol. The molecule has 9 nitrogen and oxygen atoms in total. The van der Waals surface area contributed by atoms with E-state index in [-0.39, 0.29) is 29.3 Å². The lowest BCUT2D eigenvalue weighted by Gasteiger charge is -2.29. The predicted molar refractivity (Wildman–Crippen MR) is 136 cm³/mol. The smallest absolute Gasteiger partial charge is 0.270 e. The number of rotatable bonds is 9. The Bertz CT molecular complexity index is 1370. The Morgan fingerprint density at radius 2 is 1.64 bits per heavy atom. The van der Waals surface area contributed by atoms with Crippen LogP contribution in [-0.4, -0.2) is 27.0 Å². The molecule has 0 saturated carbocycles. The summed E-state index contributed by atoms with van der Waals surface area (Å²) in [6.07, 6.45) is 0. The molecule has 0 aliphatic rings. The molecule has 2 aromatic heterocycles. The number of aryl methyl sites for hydroxylation is 1. The van der Waals surface area contributed by atoms with Gasteiger partial charge in [-0.15, -0.1) is 0 Å². The van der Waals surface area contributed by atoms with Crippen molar-refractivity contribution in [1.29, 1.82) is 0 Å². The number of hydrogen-bond donors (Lipinski definition) is 3. The first-order chi connectivity index (χ1) is 17.3. The summed E-state index contributed by atoms with van der Waals surface area (Å²) in [6.45, 7) is 2.09. The van der Waals surface area contributed by atoms with Gasteiger partial charge in [-0.25, -0.2) is 0 Å². The highest BCUT2D eigenvalue weighted by Gasteiger charge is 2.36. The fraction of sp³-hybridized carbons (Fsp3) is 0.154. The number of anilines is 1. The first-order valence-electron chi connectivity index (χ1n) is 11.1. The topological polar surface area (TPSA) is 145 Å². The van der Waals surface area contributed by atoms with Crippen molar-refractivity contribution in [2.75, 3.05) is 5.73 Å². The Labute approximate surface area is 211 Å². The minimum absolute atomic E-state index is 0.0175. The van der Waals surface area contributed by atoms with Crippen LogP contribution in [0.4, 0.5) is 5.69 Å². The molecule has 184 valence electrons. The first kappa shape index (κ1) is 24.7. The van der Waals surface area contributed by atoms with Gasteiger partial charge in [0.05, 0.1) is 5.69 Å². The number of nitrogen functional groups attached to an aromatic ring is 1. The summed E-state index contributed by atoms with van der Waals surface area (Å²) in [5, 5.41) is 2.91. The minimum atomic E-state index is -1.12. The number of hydrogen-bond acceptors (Lipinski definition) is 7. The van der Waals surface area contributed by atoms with Gasteiger partial charge < -0.3 is 26.1 Å². The van der Waals surface area contributed by atoms with Crippen molar-refractivity contribution in [3.8, 4) is 0 Å². The second-order valence-corrected chi connectivity index (χ2v) is 8.88. The normalized spacial score (nSPS) is 11.6. The van der Waals surface area contributed by atoms with Gasteiger partial charge in [0.15, 0.2) is 11.7 Å². The molecule has 0 radical (unpaired) electrons. The second-order valence-electron chi connectivity index (χ2n) is 8.11. The predicted octanol–water partition coefficient (Wildman–Crippen LogP) is 3.43. The number of primary amides is 1. The molecule has 2 heterocycles. The zero-order chi connectivity index (χ0) is 25.7. The van der Waals surface area contributed by atoms with Gasteiger partial charge in [-0.3, -0.25) is 14.4 Å². The highest BCUT2D eigenvalue weighted by Crippen LogP contribution is 2.31. The van der Waals surface area contributed by atoms with Crippen LogP contribution in [0, 0.1) is 6.92 Å². The molecule has 2 aromatic carbocycles. The van der Waals surface area contributed by atoms with Gasteiger partial charge in [0.25, 0.3) is 17.7 Å². The van der Waals surface area contributed by atoms with E-state index in [9.17, 15) is 14.4 Å². The van der Waals surface area contributed by atoms with Crippen LogP contribution >= 0.6 is 11.5 Å². The van der Waals surface area contributed by atoms with Crippen LogP contribution in [0.3, 0.4) is 0 Å². The van der Waals surface area contributed by atoms with E-state index >= 15 is 0 Å². The molecule has 0 spiro atoms. The van der Waals surface area contributed by atoms with E-state index < -0.39 is 23.8 Å². The van der Waals surface area contributed by atoms with E-state index in [1.54, 1.807) is 19.1 Å². The van der Waals surface area contributed by atoms with Gasteiger partial charge in [-0.1, -0.05) is 60.7 Å². The van der Waals surface area contributed by atoms with Crippen molar-refractivity contribution in [3.05, 3.63) is 106 Å². The van der Waals surface area contributed by atoms with Crippen molar-refractivity contribution in [3.63, 3.8) is 0 Å². The molecule has 0 aliphatic heterocycles. The molecule has 0 saturated heterocycles. The largest absolute Gasteiger partial charge is 0.464 e. The van der Waals surface area contributed by atoms with Crippen LogP contribution in [-0.2, 0) is 17.9 Å². The fourth-order valence-electron chi connectivity index (χ4n) is 3.73. The molecule has 10 heteroatoms. The third-order valence-corrected chi connectivity index (χ3v) is 6.36.